The van der Waals surface area contributed by atoms with E-state index in [9.17, 15) is 9.59 Å². The molecule has 1 rings (SSSR count). The van der Waals surface area contributed by atoms with Crippen molar-refractivity contribution in [3.8, 4) is 0 Å². The Balaban J connectivity index is 1.96. The first kappa shape index (κ1) is 21.0. The van der Waals surface area contributed by atoms with Crippen molar-refractivity contribution < 1.29 is 19.1 Å². The highest BCUT2D eigenvalue weighted by atomic mass is 16.6. The lowest BCUT2D eigenvalue weighted by Crippen LogP contribution is -2.44. The number of unbranched alkanes of at least 4 members (excludes halogenated alkanes) is 9. The second-order valence-corrected chi connectivity index (χ2v) is 7.02. The predicted octanol–water partition coefficient (Wildman–Crippen LogP) is 5.18. The molecule has 2 atom stereocenters. The third-order valence-electron chi connectivity index (χ3n) is 4.98. The Morgan fingerprint density at radius 1 is 0.917 bits per heavy atom. The molecule has 1 aliphatic heterocycles. The Bertz CT molecular complexity index is 354. The van der Waals surface area contributed by atoms with Gasteiger partial charge in [0.15, 0.2) is 0 Å². The average molecular weight is 341 g/mol. The van der Waals surface area contributed by atoms with Crippen LogP contribution in [0.15, 0.2) is 0 Å². The highest BCUT2D eigenvalue weighted by Crippen LogP contribution is 2.31. The molecule has 4 heteroatoms. The van der Waals surface area contributed by atoms with Gasteiger partial charge in [0.25, 0.3) is 0 Å². The fourth-order valence-electron chi connectivity index (χ4n) is 3.35. The van der Waals surface area contributed by atoms with E-state index in [0.717, 1.165) is 51.4 Å². The van der Waals surface area contributed by atoms with Crippen LogP contribution >= 0.6 is 0 Å². The lowest BCUT2D eigenvalue weighted by Gasteiger charge is -2.35. The normalized spacial score (nSPS) is 19.7. The Labute approximate surface area is 147 Å². The number of cyclic esters (lactones) is 1. The Morgan fingerprint density at radius 2 is 1.50 bits per heavy atom. The zero-order valence-corrected chi connectivity index (χ0v) is 15.7. The standard InChI is InChI=1S/C20H36O4/c1-3-4-5-6-8-11-14-17-18(24-20(17)22)15-12-9-7-10-13-16-19(21)23-2/h17-18H,3-16H2,1-2H3/t17-,18-/m1/s1. The molecule has 0 saturated carbocycles. The summed E-state index contributed by atoms with van der Waals surface area (Å²) in [7, 11) is 1.43. The van der Waals surface area contributed by atoms with Gasteiger partial charge in [-0.1, -0.05) is 64.7 Å². The molecule has 0 radical (unpaired) electrons. The van der Waals surface area contributed by atoms with Crippen LogP contribution in [0.1, 0.15) is 96.8 Å². The Kier molecular flexibility index (Phi) is 11.6. The van der Waals surface area contributed by atoms with Crippen LogP contribution < -0.4 is 0 Å². The van der Waals surface area contributed by atoms with Gasteiger partial charge in [-0.3, -0.25) is 9.59 Å². The quantitative estimate of drug-likeness (QED) is 0.304. The summed E-state index contributed by atoms with van der Waals surface area (Å²) in [5.41, 5.74) is 0. The first-order chi connectivity index (χ1) is 11.7. The minimum Gasteiger partial charge on any atom is -0.469 e. The van der Waals surface area contributed by atoms with Gasteiger partial charge in [-0.2, -0.15) is 0 Å². The molecule has 1 aliphatic rings. The fraction of sp³-hybridized carbons (Fsp3) is 0.900. The lowest BCUT2D eigenvalue weighted by molar-refractivity contribution is -0.186. The van der Waals surface area contributed by atoms with E-state index in [1.54, 1.807) is 0 Å². The van der Waals surface area contributed by atoms with Crippen molar-refractivity contribution in [2.75, 3.05) is 7.11 Å². The summed E-state index contributed by atoms with van der Waals surface area (Å²) in [6.07, 6.45) is 15.7. The first-order valence-corrected chi connectivity index (χ1v) is 9.96. The van der Waals surface area contributed by atoms with Gasteiger partial charge in [-0.25, -0.2) is 0 Å². The lowest BCUT2D eigenvalue weighted by atomic mass is 9.87. The van der Waals surface area contributed by atoms with Gasteiger partial charge in [0.05, 0.1) is 13.0 Å². The number of ether oxygens (including phenoxy) is 2. The third kappa shape index (κ3) is 8.70. The number of hydrogen-bond donors (Lipinski definition) is 0. The molecular formula is C20H36O4. The molecule has 1 heterocycles. The molecule has 4 nitrogen and oxygen atoms in total. The molecule has 0 bridgehead atoms. The van der Waals surface area contributed by atoms with Crippen LogP contribution in [0.25, 0.3) is 0 Å². The topological polar surface area (TPSA) is 52.6 Å². The van der Waals surface area contributed by atoms with Crippen LogP contribution in [0.2, 0.25) is 0 Å². The summed E-state index contributed by atoms with van der Waals surface area (Å²) in [5.74, 6) is 0.0658. The number of hydrogen-bond acceptors (Lipinski definition) is 4. The van der Waals surface area contributed by atoms with Crippen molar-refractivity contribution in [1.82, 2.24) is 0 Å². The molecule has 0 amide bonds. The number of rotatable bonds is 15. The summed E-state index contributed by atoms with van der Waals surface area (Å²) >= 11 is 0. The van der Waals surface area contributed by atoms with E-state index in [1.807, 2.05) is 0 Å². The van der Waals surface area contributed by atoms with E-state index < -0.39 is 0 Å². The monoisotopic (exact) mass is 340 g/mol. The molecule has 0 N–H and O–H groups in total. The van der Waals surface area contributed by atoms with Crippen LogP contribution in [0.5, 0.6) is 0 Å². The largest absolute Gasteiger partial charge is 0.469 e. The maximum absolute atomic E-state index is 11.6. The Hall–Kier alpha value is -1.06. The molecule has 24 heavy (non-hydrogen) atoms. The molecule has 1 fully saturated rings. The van der Waals surface area contributed by atoms with E-state index in [0.29, 0.717) is 6.42 Å². The van der Waals surface area contributed by atoms with E-state index in [-0.39, 0.29) is 24.0 Å². The van der Waals surface area contributed by atoms with Gasteiger partial charge < -0.3 is 9.47 Å². The highest BCUT2D eigenvalue weighted by molar-refractivity contribution is 5.78. The van der Waals surface area contributed by atoms with Gasteiger partial charge in [0, 0.05) is 6.42 Å². The highest BCUT2D eigenvalue weighted by Gasteiger charge is 2.40. The maximum atomic E-state index is 11.6. The van der Waals surface area contributed by atoms with E-state index >= 15 is 0 Å². The minimum atomic E-state index is -0.117. The number of esters is 2. The van der Waals surface area contributed by atoms with Gasteiger partial charge in [-0.05, 0) is 25.7 Å². The predicted molar refractivity (Wildman–Crippen MR) is 95.7 cm³/mol. The molecule has 0 spiro atoms. The Morgan fingerprint density at radius 3 is 2.12 bits per heavy atom. The molecule has 0 unspecified atom stereocenters. The van der Waals surface area contributed by atoms with Crippen molar-refractivity contribution in [3.05, 3.63) is 0 Å². The maximum Gasteiger partial charge on any atom is 0.313 e. The van der Waals surface area contributed by atoms with Gasteiger partial charge in [-0.15, -0.1) is 0 Å². The number of methoxy groups -OCH3 is 1. The summed E-state index contributed by atoms with van der Waals surface area (Å²) in [6, 6.07) is 0. The zero-order chi connectivity index (χ0) is 17.6. The fourth-order valence-corrected chi connectivity index (χ4v) is 3.35. The number of carbonyl (C=O) groups excluding carboxylic acids is 2. The summed E-state index contributed by atoms with van der Waals surface area (Å²) in [5, 5.41) is 0. The molecule has 0 aromatic rings. The van der Waals surface area contributed by atoms with Crippen molar-refractivity contribution in [1.29, 1.82) is 0 Å². The molecule has 140 valence electrons. The molecule has 0 aromatic heterocycles. The van der Waals surface area contributed by atoms with Crippen molar-refractivity contribution >= 4 is 11.9 Å². The molecular weight excluding hydrogens is 304 g/mol. The van der Waals surface area contributed by atoms with Crippen molar-refractivity contribution in [2.45, 2.75) is 103 Å². The molecule has 0 aliphatic carbocycles. The second-order valence-electron chi connectivity index (χ2n) is 7.02. The van der Waals surface area contributed by atoms with Crippen LogP contribution in [0.4, 0.5) is 0 Å². The summed E-state index contributed by atoms with van der Waals surface area (Å²) < 4.78 is 9.95. The van der Waals surface area contributed by atoms with Crippen LogP contribution in [-0.4, -0.2) is 25.2 Å². The molecule has 1 saturated heterocycles. The van der Waals surface area contributed by atoms with Gasteiger partial charge in [0.2, 0.25) is 0 Å². The zero-order valence-electron chi connectivity index (χ0n) is 15.7. The average Bonchev–Trinajstić information content (AvgIpc) is 2.58. The summed E-state index contributed by atoms with van der Waals surface area (Å²) in [4.78, 5) is 22.6. The third-order valence-corrected chi connectivity index (χ3v) is 4.98. The van der Waals surface area contributed by atoms with E-state index in [4.69, 9.17) is 4.74 Å². The van der Waals surface area contributed by atoms with Crippen LogP contribution in [-0.2, 0) is 19.1 Å². The minimum absolute atomic E-state index is 0.0200. The van der Waals surface area contributed by atoms with Gasteiger partial charge >= 0.3 is 11.9 Å². The summed E-state index contributed by atoms with van der Waals surface area (Å²) in [6.45, 7) is 2.23. The van der Waals surface area contributed by atoms with Crippen LogP contribution in [0.3, 0.4) is 0 Å². The first-order valence-electron chi connectivity index (χ1n) is 9.96. The van der Waals surface area contributed by atoms with Crippen molar-refractivity contribution in [3.63, 3.8) is 0 Å². The van der Waals surface area contributed by atoms with E-state index in [1.165, 1.54) is 39.2 Å². The second kappa shape index (κ2) is 13.3. The van der Waals surface area contributed by atoms with Crippen LogP contribution in [0, 0.1) is 5.92 Å². The molecule has 0 aromatic carbocycles. The smallest absolute Gasteiger partial charge is 0.313 e. The van der Waals surface area contributed by atoms with Gasteiger partial charge in [0.1, 0.15) is 6.10 Å². The number of carbonyl (C=O) groups is 2. The SMILES string of the molecule is CCCCCCCC[C@H]1C(=O)O[C@@H]1CCCCCCCC(=O)OC. The van der Waals surface area contributed by atoms with Crippen molar-refractivity contribution in [2.24, 2.45) is 5.92 Å². The van der Waals surface area contributed by atoms with E-state index in [2.05, 4.69) is 11.7 Å².